The summed E-state index contributed by atoms with van der Waals surface area (Å²) in [6, 6.07) is 0. The Labute approximate surface area is 182 Å². The van der Waals surface area contributed by atoms with Gasteiger partial charge in [0.1, 0.15) is 0 Å². The molecule has 2 rings (SSSR count). The van der Waals surface area contributed by atoms with Crippen LogP contribution in [0.4, 0.5) is 0 Å². The molecule has 0 atom stereocenters. The van der Waals surface area contributed by atoms with Crippen molar-refractivity contribution in [1.82, 2.24) is 15.5 Å². The van der Waals surface area contributed by atoms with Crippen LogP contribution in [0.3, 0.4) is 0 Å². The van der Waals surface area contributed by atoms with E-state index in [-0.39, 0.29) is 35.5 Å². The van der Waals surface area contributed by atoms with Gasteiger partial charge in [-0.05, 0) is 19.8 Å². The van der Waals surface area contributed by atoms with Crippen LogP contribution in [0.15, 0.2) is 4.99 Å². The first-order valence-corrected chi connectivity index (χ1v) is 12.0. The fraction of sp³-hybridized carbons (Fsp3) is 0.944. The summed E-state index contributed by atoms with van der Waals surface area (Å²) in [6.07, 6.45) is 8.09. The Hall–Kier alpha value is -0.130. The zero-order valence-electron chi connectivity index (χ0n) is 16.6. The maximum absolute atomic E-state index is 11.5. The van der Waals surface area contributed by atoms with Crippen molar-refractivity contribution in [2.45, 2.75) is 51.6 Å². The second-order valence-electron chi connectivity index (χ2n) is 7.17. The van der Waals surface area contributed by atoms with E-state index in [0.717, 1.165) is 25.6 Å². The van der Waals surface area contributed by atoms with Gasteiger partial charge >= 0.3 is 0 Å². The summed E-state index contributed by atoms with van der Waals surface area (Å²) < 4.78 is 28.9. The smallest absolute Gasteiger partial charge is 0.191 e. The molecule has 0 radical (unpaired) electrons. The summed E-state index contributed by atoms with van der Waals surface area (Å²) in [7, 11) is -2.81. The van der Waals surface area contributed by atoms with Gasteiger partial charge in [-0.15, -0.1) is 24.0 Å². The molecular formula is C18H37IN4O3S. The minimum atomic E-state index is -2.81. The molecule has 0 amide bonds. The average molecular weight is 516 g/mol. The van der Waals surface area contributed by atoms with Crippen LogP contribution in [0.5, 0.6) is 0 Å². The quantitative estimate of drug-likeness (QED) is 0.168. The van der Waals surface area contributed by atoms with Crippen molar-refractivity contribution in [3.05, 3.63) is 0 Å². The summed E-state index contributed by atoms with van der Waals surface area (Å²) in [5.74, 6) is 1.35. The van der Waals surface area contributed by atoms with Gasteiger partial charge in [0.05, 0.1) is 30.8 Å². The third-order valence-corrected chi connectivity index (χ3v) is 6.63. The normalized spacial score (nSPS) is 21.9. The summed E-state index contributed by atoms with van der Waals surface area (Å²) in [5, 5.41) is 6.58. The Kier molecular flexibility index (Phi) is 12.9. The zero-order chi connectivity index (χ0) is 18.7. The lowest BCUT2D eigenvalue weighted by molar-refractivity contribution is 0.0468. The number of halogens is 1. The summed E-state index contributed by atoms with van der Waals surface area (Å²) >= 11 is 0. The van der Waals surface area contributed by atoms with Crippen LogP contribution in [0, 0.1) is 0 Å². The standard InChI is InChI=1S/C18H36N4O3S.HI/c1-2-19-18(20-9-11-22-12-15-26(23,24)16-13-22)21-10-14-25-17-7-5-3-4-6-8-17;/h17H,2-16H2,1H3,(H2,19,20,21);1H. The Morgan fingerprint density at radius 3 is 2.41 bits per heavy atom. The monoisotopic (exact) mass is 516 g/mol. The van der Waals surface area contributed by atoms with Gasteiger partial charge in [-0.1, -0.05) is 25.7 Å². The summed E-state index contributed by atoms with van der Waals surface area (Å²) in [5.41, 5.74) is 0. The van der Waals surface area contributed by atoms with E-state index in [1.165, 1.54) is 38.5 Å². The van der Waals surface area contributed by atoms with Crippen molar-refractivity contribution >= 4 is 39.8 Å². The number of aliphatic imine (C=N–C) groups is 1. The van der Waals surface area contributed by atoms with Gasteiger partial charge in [0.15, 0.2) is 15.8 Å². The molecule has 2 fully saturated rings. The molecule has 0 aromatic heterocycles. The van der Waals surface area contributed by atoms with E-state index >= 15 is 0 Å². The Bertz CT molecular complexity index is 509. The lowest BCUT2D eigenvalue weighted by Gasteiger charge is -2.25. The molecule has 1 saturated heterocycles. The number of hydrogen-bond donors (Lipinski definition) is 2. The minimum absolute atomic E-state index is 0. The second-order valence-corrected chi connectivity index (χ2v) is 9.47. The predicted molar refractivity (Wildman–Crippen MR) is 122 cm³/mol. The van der Waals surface area contributed by atoms with Crippen LogP contribution >= 0.6 is 24.0 Å². The van der Waals surface area contributed by atoms with Gasteiger partial charge in [-0.3, -0.25) is 9.89 Å². The lowest BCUT2D eigenvalue weighted by atomic mass is 10.1. The van der Waals surface area contributed by atoms with Crippen molar-refractivity contribution in [2.75, 3.05) is 57.4 Å². The maximum atomic E-state index is 11.5. The molecule has 1 aliphatic carbocycles. The van der Waals surface area contributed by atoms with Gasteiger partial charge in [0, 0.05) is 32.7 Å². The van der Waals surface area contributed by atoms with E-state index in [1.54, 1.807) is 0 Å². The van der Waals surface area contributed by atoms with Crippen LogP contribution in [-0.2, 0) is 14.6 Å². The molecule has 0 spiro atoms. The fourth-order valence-corrected chi connectivity index (χ4v) is 4.70. The molecule has 1 heterocycles. The van der Waals surface area contributed by atoms with E-state index in [1.807, 2.05) is 0 Å². The molecule has 1 saturated carbocycles. The highest BCUT2D eigenvalue weighted by Gasteiger charge is 2.20. The number of sulfone groups is 1. The van der Waals surface area contributed by atoms with E-state index in [9.17, 15) is 8.42 Å². The second kappa shape index (κ2) is 13.9. The third kappa shape index (κ3) is 10.8. The molecule has 7 nitrogen and oxygen atoms in total. The number of rotatable bonds is 8. The van der Waals surface area contributed by atoms with Crippen LogP contribution in [-0.4, -0.2) is 82.8 Å². The fourth-order valence-electron chi connectivity index (χ4n) is 3.42. The molecule has 0 unspecified atom stereocenters. The van der Waals surface area contributed by atoms with Crippen molar-refractivity contribution in [3.63, 3.8) is 0 Å². The highest BCUT2D eigenvalue weighted by atomic mass is 127. The van der Waals surface area contributed by atoms with Crippen molar-refractivity contribution in [2.24, 2.45) is 4.99 Å². The highest BCUT2D eigenvalue weighted by Crippen LogP contribution is 2.19. The maximum Gasteiger partial charge on any atom is 0.191 e. The lowest BCUT2D eigenvalue weighted by Crippen LogP contribution is -2.42. The minimum Gasteiger partial charge on any atom is -0.376 e. The van der Waals surface area contributed by atoms with Gasteiger partial charge in [0.2, 0.25) is 0 Å². The van der Waals surface area contributed by atoms with E-state index in [4.69, 9.17) is 4.74 Å². The number of ether oxygens (including phenoxy) is 1. The summed E-state index contributed by atoms with van der Waals surface area (Å²) in [4.78, 5) is 6.76. The van der Waals surface area contributed by atoms with Crippen molar-refractivity contribution in [1.29, 1.82) is 0 Å². The first-order valence-electron chi connectivity index (χ1n) is 10.2. The Morgan fingerprint density at radius 1 is 1.11 bits per heavy atom. The van der Waals surface area contributed by atoms with Crippen molar-refractivity contribution < 1.29 is 13.2 Å². The summed E-state index contributed by atoms with van der Waals surface area (Å²) in [6.45, 7) is 7.03. The van der Waals surface area contributed by atoms with E-state index in [2.05, 4.69) is 27.4 Å². The zero-order valence-corrected chi connectivity index (χ0v) is 19.8. The molecular weight excluding hydrogens is 479 g/mol. The van der Waals surface area contributed by atoms with E-state index < -0.39 is 9.84 Å². The first kappa shape index (κ1) is 24.9. The van der Waals surface area contributed by atoms with Crippen LogP contribution in [0.2, 0.25) is 0 Å². The number of guanidine groups is 1. The number of nitrogens with one attached hydrogen (secondary N) is 2. The SMILES string of the molecule is CCNC(=NCCN1CCS(=O)(=O)CC1)NCCOC1CCCCCC1.I. The topological polar surface area (TPSA) is 83.0 Å². The highest BCUT2D eigenvalue weighted by molar-refractivity contribution is 14.0. The van der Waals surface area contributed by atoms with Gasteiger partial charge in [-0.2, -0.15) is 0 Å². The number of nitrogens with zero attached hydrogens (tertiary/aromatic N) is 2. The average Bonchev–Trinajstić information content (AvgIpc) is 2.89. The molecule has 2 N–H and O–H groups in total. The molecule has 0 aromatic carbocycles. The largest absolute Gasteiger partial charge is 0.376 e. The van der Waals surface area contributed by atoms with Crippen LogP contribution in [0.1, 0.15) is 45.4 Å². The first-order chi connectivity index (χ1) is 12.6. The predicted octanol–water partition coefficient (Wildman–Crippen LogP) is 1.63. The Balaban J connectivity index is 0.00000364. The van der Waals surface area contributed by atoms with Crippen LogP contribution < -0.4 is 10.6 Å². The van der Waals surface area contributed by atoms with Crippen molar-refractivity contribution in [3.8, 4) is 0 Å². The molecule has 9 heteroatoms. The number of hydrogen-bond acceptors (Lipinski definition) is 5. The third-order valence-electron chi connectivity index (χ3n) is 5.02. The van der Waals surface area contributed by atoms with Crippen LogP contribution in [0.25, 0.3) is 0 Å². The molecule has 0 bridgehead atoms. The van der Waals surface area contributed by atoms with Gasteiger partial charge in [0.25, 0.3) is 0 Å². The van der Waals surface area contributed by atoms with Gasteiger partial charge < -0.3 is 15.4 Å². The molecule has 27 heavy (non-hydrogen) atoms. The Morgan fingerprint density at radius 2 is 1.78 bits per heavy atom. The molecule has 0 aromatic rings. The molecule has 1 aliphatic heterocycles. The van der Waals surface area contributed by atoms with E-state index in [0.29, 0.717) is 32.3 Å². The molecule has 160 valence electrons. The molecule has 2 aliphatic rings. The van der Waals surface area contributed by atoms with Gasteiger partial charge in [-0.25, -0.2) is 8.42 Å².